The Hall–Kier alpha value is -1.27. The first-order valence-corrected chi connectivity index (χ1v) is 5.50. The van der Waals surface area contributed by atoms with E-state index in [0.717, 1.165) is 19.3 Å². The topological polar surface area (TPSA) is 26.3 Å². The normalized spacial score (nSPS) is 9.80. The molecule has 0 atom stereocenters. The van der Waals surface area contributed by atoms with Gasteiger partial charge in [0.1, 0.15) is 0 Å². The van der Waals surface area contributed by atoms with Gasteiger partial charge in [0.25, 0.3) is 0 Å². The van der Waals surface area contributed by atoms with Crippen LogP contribution in [-0.4, -0.2) is 12.6 Å². The summed E-state index contributed by atoms with van der Waals surface area (Å²) in [5, 5.41) is 0. The molecule has 2 nitrogen and oxygen atoms in total. The Morgan fingerprint density at radius 3 is 2.67 bits per heavy atom. The number of ether oxygens (including phenoxy) is 1. The number of hydrogen-bond donors (Lipinski definition) is 0. The average Bonchev–Trinajstić information content (AvgIpc) is 2.23. The molecule has 0 heterocycles. The molecule has 0 rings (SSSR count). The van der Waals surface area contributed by atoms with Crippen molar-refractivity contribution in [1.29, 1.82) is 0 Å². The van der Waals surface area contributed by atoms with E-state index in [-0.39, 0.29) is 5.97 Å². The highest BCUT2D eigenvalue weighted by molar-refractivity contribution is 5.88. The quantitative estimate of drug-likeness (QED) is 0.289. The van der Waals surface area contributed by atoms with Crippen LogP contribution >= 0.6 is 0 Å². The van der Waals surface area contributed by atoms with E-state index in [1.54, 1.807) is 6.08 Å². The Balaban J connectivity index is 4.56. The van der Waals surface area contributed by atoms with Gasteiger partial charge in [-0.1, -0.05) is 25.5 Å². The minimum atomic E-state index is -0.244. The zero-order valence-corrected chi connectivity index (χ0v) is 9.88. The van der Waals surface area contributed by atoms with Gasteiger partial charge < -0.3 is 4.74 Å². The van der Waals surface area contributed by atoms with Crippen LogP contribution in [0.1, 0.15) is 40.0 Å². The van der Waals surface area contributed by atoms with Gasteiger partial charge in [-0.05, 0) is 32.8 Å². The highest BCUT2D eigenvalue weighted by Crippen LogP contribution is 2.08. The summed E-state index contributed by atoms with van der Waals surface area (Å²) in [6.07, 6.45) is 8.30. The lowest BCUT2D eigenvalue weighted by Crippen LogP contribution is -2.06. The number of unbranched alkanes of at least 4 members (excludes halogenated alkanes) is 1. The molecule has 0 aliphatic heterocycles. The summed E-state index contributed by atoms with van der Waals surface area (Å²) in [4.78, 5) is 11.5. The van der Waals surface area contributed by atoms with Crippen molar-refractivity contribution < 1.29 is 9.53 Å². The number of carbonyl (C=O) groups is 1. The van der Waals surface area contributed by atoms with Crippen molar-refractivity contribution in [2.24, 2.45) is 0 Å². The molecule has 0 aliphatic carbocycles. The first kappa shape index (κ1) is 13.7. The zero-order chi connectivity index (χ0) is 11.5. The van der Waals surface area contributed by atoms with Crippen molar-refractivity contribution in [3.8, 4) is 0 Å². The maximum atomic E-state index is 11.5. The van der Waals surface area contributed by atoms with E-state index >= 15 is 0 Å². The smallest absolute Gasteiger partial charge is 0.341 e. The Morgan fingerprint density at radius 2 is 2.13 bits per heavy atom. The van der Waals surface area contributed by atoms with E-state index < -0.39 is 0 Å². The van der Waals surface area contributed by atoms with Crippen molar-refractivity contribution >= 4 is 5.97 Å². The second-order valence-corrected chi connectivity index (χ2v) is 3.14. The number of rotatable bonds is 6. The monoisotopic (exact) mass is 208 g/mol. The number of allylic oxidation sites excluding steroid dienone is 2. The van der Waals surface area contributed by atoms with E-state index in [9.17, 15) is 4.79 Å². The van der Waals surface area contributed by atoms with Gasteiger partial charge in [-0.15, -0.1) is 5.73 Å². The summed E-state index contributed by atoms with van der Waals surface area (Å²) in [6.45, 7) is 6.25. The Labute approximate surface area is 92.3 Å². The lowest BCUT2D eigenvalue weighted by Gasteiger charge is -2.02. The first-order valence-electron chi connectivity index (χ1n) is 5.50. The Bertz CT molecular complexity index is 268. The number of hydrogen-bond acceptors (Lipinski definition) is 2. The largest absolute Gasteiger partial charge is 0.462 e. The molecule has 0 aliphatic rings. The predicted molar refractivity (Wildman–Crippen MR) is 62.6 cm³/mol. The summed E-state index contributed by atoms with van der Waals surface area (Å²) in [5.41, 5.74) is 3.61. The van der Waals surface area contributed by atoms with E-state index in [1.807, 2.05) is 26.0 Å². The molecule has 15 heavy (non-hydrogen) atoms. The van der Waals surface area contributed by atoms with Gasteiger partial charge in [-0.3, -0.25) is 0 Å². The standard InChI is InChI=1S/C13H20O2/c1-4-7-9-11-12(10-8-5-2)13(14)15-6-3/h4,7,9H,5-6,8,10H2,1-3H3/b7-4+. The minimum Gasteiger partial charge on any atom is -0.462 e. The Kier molecular flexibility index (Phi) is 8.50. The SMILES string of the molecule is C/C=C/C=C=C(CCCC)C(=O)OCC. The lowest BCUT2D eigenvalue weighted by atomic mass is 10.1. The highest BCUT2D eigenvalue weighted by Gasteiger charge is 2.08. The molecule has 0 aromatic heterocycles. The van der Waals surface area contributed by atoms with Crippen LogP contribution in [0.3, 0.4) is 0 Å². The van der Waals surface area contributed by atoms with Gasteiger partial charge in [0.15, 0.2) is 0 Å². The molecular formula is C13H20O2. The van der Waals surface area contributed by atoms with Crippen LogP contribution in [0.25, 0.3) is 0 Å². The van der Waals surface area contributed by atoms with Crippen LogP contribution in [0.2, 0.25) is 0 Å². The molecule has 0 unspecified atom stereocenters. The van der Waals surface area contributed by atoms with E-state index in [0.29, 0.717) is 12.2 Å². The Morgan fingerprint density at radius 1 is 1.40 bits per heavy atom. The molecule has 0 radical (unpaired) electrons. The van der Waals surface area contributed by atoms with E-state index in [2.05, 4.69) is 12.7 Å². The van der Waals surface area contributed by atoms with Gasteiger partial charge in [0.05, 0.1) is 12.2 Å². The van der Waals surface area contributed by atoms with Crippen LogP contribution < -0.4 is 0 Å². The van der Waals surface area contributed by atoms with Crippen molar-refractivity contribution in [2.45, 2.75) is 40.0 Å². The molecule has 0 saturated heterocycles. The maximum absolute atomic E-state index is 11.5. The second kappa shape index (κ2) is 9.29. The molecule has 0 spiro atoms. The van der Waals surface area contributed by atoms with Gasteiger partial charge in [-0.25, -0.2) is 4.79 Å². The third-order valence-electron chi connectivity index (χ3n) is 1.85. The molecule has 0 N–H and O–H groups in total. The van der Waals surface area contributed by atoms with E-state index in [4.69, 9.17) is 4.74 Å². The first-order chi connectivity index (χ1) is 7.26. The number of esters is 1. The maximum Gasteiger partial charge on any atom is 0.341 e. The molecule has 0 aromatic rings. The molecule has 0 amide bonds. The molecular weight excluding hydrogens is 188 g/mol. The van der Waals surface area contributed by atoms with Crippen LogP contribution in [0, 0.1) is 0 Å². The van der Waals surface area contributed by atoms with E-state index in [1.165, 1.54) is 0 Å². The van der Waals surface area contributed by atoms with Gasteiger partial charge in [-0.2, -0.15) is 0 Å². The van der Waals surface area contributed by atoms with Crippen LogP contribution in [0.5, 0.6) is 0 Å². The fourth-order valence-electron chi connectivity index (χ4n) is 1.05. The summed E-state index contributed by atoms with van der Waals surface area (Å²) in [5.74, 6) is -0.244. The predicted octanol–water partition coefficient (Wildman–Crippen LogP) is 3.40. The van der Waals surface area contributed by atoms with Crippen LogP contribution in [-0.2, 0) is 9.53 Å². The van der Waals surface area contributed by atoms with Crippen molar-refractivity contribution in [3.63, 3.8) is 0 Å². The van der Waals surface area contributed by atoms with Crippen LogP contribution in [0.4, 0.5) is 0 Å². The summed E-state index contributed by atoms with van der Waals surface area (Å²) in [7, 11) is 0. The average molecular weight is 208 g/mol. The third-order valence-corrected chi connectivity index (χ3v) is 1.85. The zero-order valence-electron chi connectivity index (χ0n) is 9.88. The van der Waals surface area contributed by atoms with Crippen molar-refractivity contribution in [3.05, 3.63) is 29.5 Å². The van der Waals surface area contributed by atoms with Gasteiger partial charge in [0, 0.05) is 0 Å². The lowest BCUT2D eigenvalue weighted by molar-refractivity contribution is -0.138. The molecule has 0 fully saturated rings. The fourth-order valence-corrected chi connectivity index (χ4v) is 1.05. The fraction of sp³-hybridized carbons (Fsp3) is 0.538. The summed E-state index contributed by atoms with van der Waals surface area (Å²) >= 11 is 0. The van der Waals surface area contributed by atoms with Crippen molar-refractivity contribution in [2.75, 3.05) is 6.61 Å². The summed E-state index contributed by atoms with van der Waals surface area (Å²) in [6, 6.07) is 0. The van der Waals surface area contributed by atoms with Crippen LogP contribution in [0.15, 0.2) is 29.5 Å². The summed E-state index contributed by atoms with van der Waals surface area (Å²) < 4.78 is 4.95. The highest BCUT2D eigenvalue weighted by atomic mass is 16.5. The molecule has 0 bridgehead atoms. The molecule has 84 valence electrons. The molecule has 2 heteroatoms. The third kappa shape index (κ3) is 6.75. The molecule has 0 aromatic carbocycles. The van der Waals surface area contributed by atoms with Gasteiger partial charge >= 0.3 is 5.97 Å². The number of carbonyl (C=O) groups excluding carboxylic acids is 1. The second-order valence-electron chi connectivity index (χ2n) is 3.14. The minimum absolute atomic E-state index is 0.244. The molecule has 0 saturated carbocycles. The van der Waals surface area contributed by atoms with Crippen molar-refractivity contribution in [1.82, 2.24) is 0 Å². The van der Waals surface area contributed by atoms with Gasteiger partial charge in [0.2, 0.25) is 0 Å².